The zero-order valence-electron chi connectivity index (χ0n) is 15.7. The van der Waals surface area contributed by atoms with Gasteiger partial charge in [-0.2, -0.15) is 0 Å². The van der Waals surface area contributed by atoms with Crippen LogP contribution in [0.3, 0.4) is 0 Å². The van der Waals surface area contributed by atoms with Crippen LogP contribution in [0.5, 0.6) is 5.75 Å². The minimum Gasteiger partial charge on any atom is -0.506 e. The number of phenols is 1. The Morgan fingerprint density at radius 3 is 2.68 bits per heavy atom. The Morgan fingerprint density at radius 1 is 1.25 bits per heavy atom. The summed E-state index contributed by atoms with van der Waals surface area (Å²) in [6.45, 7) is 8.01. The molecule has 0 aliphatic carbocycles. The summed E-state index contributed by atoms with van der Waals surface area (Å²) in [5.41, 5.74) is 2.87. The van der Waals surface area contributed by atoms with Crippen molar-refractivity contribution >= 4 is 57.7 Å². The third kappa shape index (κ3) is 6.50. The second-order valence-electron chi connectivity index (χ2n) is 5.77. The van der Waals surface area contributed by atoms with E-state index in [0.29, 0.717) is 15.8 Å². The largest absolute Gasteiger partial charge is 0.506 e. The smallest absolute Gasteiger partial charge is 0.188 e. The number of thiophene rings is 1. The van der Waals surface area contributed by atoms with Crippen LogP contribution >= 0.6 is 46.5 Å². The van der Waals surface area contributed by atoms with Crippen molar-refractivity contribution in [3.8, 4) is 5.75 Å². The molecule has 0 unspecified atom stereocenters. The van der Waals surface area contributed by atoms with E-state index in [4.69, 9.17) is 32.7 Å². The monoisotopic (exact) mass is 457 g/mol. The summed E-state index contributed by atoms with van der Waals surface area (Å²) >= 11 is 15.3. The highest BCUT2D eigenvalue weighted by molar-refractivity contribution is 8.02. The van der Waals surface area contributed by atoms with Gasteiger partial charge in [0.05, 0.1) is 19.1 Å². The van der Waals surface area contributed by atoms with E-state index in [1.54, 1.807) is 42.7 Å². The van der Waals surface area contributed by atoms with Crippen molar-refractivity contribution in [1.29, 1.82) is 0 Å². The van der Waals surface area contributed by atoms with Gasteiger partial charge in [-0.05, 0) is 61.2 Å². The second kappa shape index (κ2) is 10.8. The first-order chi connectivity index (χ1) is 13.3. The maximum atomic E-state index is 9.68. The summed E-state index contributed by atoms with van der Waals surface area (Å²) in [5, 5.41) is 10.7. The Labute approximate surface area is 183 Å². The van der Waals surface area contributed by atoms with Gasteiger partial charge in [0, 0.05) is 18.9 Å². The van der Waals surface area contributed by atoms with Crippen LogP contribution in [0, 0.1) is 0 Å². The summed E-state index contributed by atoms with van der Waals surface area (Å²) < 4.78 is 14.3. The molecule has 0 radical (unpaired) electrons. The average molecular weight is 458 g/mol. The van der Waals surface area contributed by atoms with Gasteiger partial charge >= 0.3 is 0 Å². The molecule has 0 aliphatic heterocycles. The Balaban J connectivity index is 2.08. The van der Waals surface area contributed by atoms with Crippen LogP contribution in [0.25, 0.3) is 5.57 Å². The van der Waals surface area contributed by atoms with Crippen LogP contribution in [0.1, 0.15) is 18.7 Å². The molecule has 0 bridgehead atoms. The van der Waals surface area contributed by atoms with Crippen molar-refractivity contribution in [1.82, 2.24) is 0 Å². The number of anilines is 1. The van der Waals surface area contributed by atoms with E-state index in [-0.39, 0.29) is 12.5 Å². The van der Waals surface area contributed by atoms with Crippen molar-refractivity contribution in [2.24, 2.45) is 0 Å². The van der Waals surface area contributed by atoms with E-state index in [9.17, 15) is 5.11 Å². The first-order valence-electron chi connectivity index (χ1n) is 8.19. The Hall–Kier alpha value is -1.57. The van der Waals surface area contributed by atoms with Gasteiger partial charge in [0.1, 0.15) is 11.5 Å². The zero-order chi connectivity index (χ0) is 20.7. The van der Waals surface area contributed by atoms with Gasteiger partial charge in [0.15, 0.2) is 6.79 Å². The molecule has 4 nitrogen and oxygen atoms in total. The molecule has 1 heterocycles. The zero-order valence-corrected chi connectivity index (χ0v) is 18.9. The van der Waals surface area contributed by atoms with E-state index in [2.05, 4.69) is 11.3 Å². The molecule has 0 saturated heterocycles. The molecule has 0 amide bonds. The molecule has 0 spiro atoms. The normalized spacial score (nSPS) is 12.2. The Bertz CT molecular complexity index is 907. The topological polar surface area (TPSA) is 50.7 Å². The SMILES string of the molecule is C=C(/C=C\C(C)=C(/C)c1sc(SNc2ccc(Cl)c(O)c2)cc1Cl)OCOC. The highest BCUT2D eigenvalue weighted by Gasteiger charge is 2.11. The number of ether oxygens (including phenoxy) is 2. The third-order valence-electron chi connectivity index (χ3n) is 3.69. The molecular weight excluding hydrogens is 437 g/mol. The van der Waals surface area contributed by atoms with Crippen LogP contribution in [0.4, 0.5) is 5.69 Å². The van der Waals surface area contributed by atoms with Gasteiger partial charge in [-0.25, -0.2) is 0 Å². The molecule has 0 aliphatic rings. The number of rotatable bonds is 9. The predicted molar refractivity (Wildman–Crippen MR) is 121 cm³/mol. The first-order valence-corrected chi connectivity index (χ1v) is 10.6. The van der Waals surface area contributed by atoms with Gasteiger partial charge in [-0.3, -0.25) is 0 Å². The molecule has 1 aromatic heterocycles. The van der Waals surface area contributed by atoms with E-state index in [1.165, 1.54) is 11.9 Å². The van der Waals surface area contributed by atoms with Gasteiger partial charge in [0.25, 0.3) is 0 Å². The molecule has 2 rings (SSSR count). The van der Waals surface area contributed by atoms with E-state index >= 15 is 0 Å². The summed E-state index contributed by atoms with van der Waals surface area (Å²) in [4.78, 5) is 0.996. The summed E-state index contributed by atoms with van der Waals surface area (Å²) in [6.07, 6.45) is 3.73. The first kappa shape index (κ1) is 22.7. The number of nitrogens with one attached hydrogen (secondary N) is 1. The van der Waals surface area contributed by atoms with Gasteiger partial charge < -0.3 is 19.3 Å². The fourth-order valence-electron chi connectivity index (χ4n) is 2.04. The molecular formula is C20H21Cl2NO3S2. The number of phenolic OH excluding ortho intramolecular Hbond substituents is 1. The summed E-state index contributed by atoms with van der Waals surface area (Å²) in [5.74, 6) is 0.562. The lowest BCUT2D eigenvalue weighted by Crippen LogP contribution is -1.93. The molecule has 1 aromatic carbocycles. The molecule has 2 N–H and O–H groups in total. The maximum absolute atomic E-state index is 9.68. The van der Waals surface area contributed by atoms with E-state index in [1.807, 2.05) is 26.0 Å². The van der Waals surface area contributed by atoms with Crippen molar-refractivity contribution in [2.75, 3.05) is 18.6 Å². The van der Waals surface area contributed by atoms with Crippen LogP contribution in [0.2, 0.25) is 10.0 Å². The number of hydrogen-bond donors (Lipinski definition) is 2. The van der Waals surface area contributed by atoms with Gasteiger partial charge in [-0.15, -0.1) is 11.3 Å². The fraction of sp³-hybridized carbons (Fsp3) is 0.200. The maximum Gasteiger partial charge on any atom is 0.188 e. The second-order valence-corrected chi connectivity index (χ2v) is 8.74. The number of halogens is 2. The van der Waals surface area contributed by atoms with Gasteiger partial charge in [-0.1, -0.05) is 35.9 Å². The lowest BCUT2D eigenvalue weighted by molar-refractivity contribution is 0.0106. The van der Waals surface area contributed by atoms with Crippen molar-refractivity contribution < 1.29 is 14.6 Å². The Kier molecular flexibility index (Phi) is 8.79. The number of benzene rings is 1. The van der Waals surface area contributed by atoms with Crippen LogP contribution in [0.15, 0.2) is 58.5 Å². The lowest BCUT2D eigenvalue weighted by Gasteiger charge is -2.05. The van der Waals surface area contributed by atoms with Crippen LogP contribution in [-0.2, 0) is 9.47 Å². The number of methoxy groups -OCH3 is 1. The highest BCUT2D eigenvalue weighted by Crippen LogP contribution is 2.39. The summed E-state index contributed by atoms with van der Waals surface area (Å²) in [7, 11) is 1.56. The predicted octanol–water partition coefficient (Wildman–Crippen LogP) is 7.36. The number of allylic oxidation sites excluding steroid dienone is 4. The quantitative estimate of drug-likeness (QED) is 0.178. The molecule has 0 fully saturated rings. The number of aromatic hydroxyl groups is 1. The molecule has 0 saturated carbocycles. The number of hydrogen-bond acceptors (Lipinski definition) is 6. The minimum absolute atomic E-state index is 0.0365. The molecule has 150 valence electrons. The van der Waals surface area contributed by atoms with Crippen molar-refractivity contribution in [3.63, 3.8) is 0 Å². The molecule has 8 heteroatoms. The molecule has 0 atom stereocenters. The van der Waals surface area contributed by atoms with E-state index < -0.39 is 0 Å². The van der Waals surface area contributed by atoms with Crippen molar-refractivity contribution in [2.45, 2.75) is 18.1 Å². The third-order valence-corrected chi connectivity index (χ3v) is 6.63. The van der Waals surface area contributed by atoms with Crippen LogP contribution < -0.4 is 4.72 Å². The Morgan fingerprint density at radius 2 is 2.00 bits per heavy atom. The van der Waals surface area contributed by atoms with Crippen molar-refractivity contribution in [3.05, 3.63) is 69.3 Å². The van der Waals surface area contributed by atoms with Crippen LogP contribution in [-0.4, -0.2) is 19.0 Å². The fourth-order valence-corrected chi connectivity index (χ4v) is 4.57. The summed E-state index contributed by atoms with van der Waals surface area (Å²) in [6, 6.07) is 6.92. The standard InChI is InChI=1S/C20H21Cl2NO3S2/c1-12(5-6-13(2)26-11-25-4)14(3)20-17(22)10-19(27-20)28-23-15-7-8-16(21)18(24)9-15/h5-10,23-24H,2,11H2,1,3-4H3/b6-5-,14-12+. The highest BCUT2D eigenvalue weighted by atomic mass is 35.5. The van der Waals surface area contributed by atoms with E-state index in [0.717, 1.165) is 25.9 Å². The lowest BCUT2D eigenvalue weighted by atomic mass is 10.1. The molecule has 2 aromatic rings. The van der Waals surface area contributed by atoms with Gasteiger partial charge in [0.2, 0.25) is 0 Å². The molecule has 28 heavy (non-hydrogen) atoms. The average Bonchev–Trinajstić information content (AvgIpc) is 3.05. The minimum atomic E-state index is 0.0365.